The second-order valence-corrected chi connectivity index (χ2v) is 10.0. The van der Waals surface area contributed by atoms with Gasteiger partial charge in [-0.25, -0.2) is 0 Å². The molecule has 35 heavy (non-hydrogen) atoms. The molecule has 1 aliphatic heterocycles. The number of amides is 2. The molecule has 184 valence electrons. The van der Waals surface area contributed by atoms with Gasteiger partial charge in [-0.15, -0.1) is 0 Å². The molecule has 0 aromatic heterocycles. The predicted octanol–water partition coefficient (Wildman–Crippen LogP) is 3.05. The van der Waals surface area contributed by atoms with Crippen molar-refractivity contribution in [3.63, 3.8) is 0 Å². The van der Waals surface area contributed by atoms with E-state index >= 15 is 0 Å². The lowest BCUT2D eigenvalue weighted by atomic mass is 9.77. The van der Waals surface area contributed by atoms with Gasteiger partial charge in [-0.1, -0.05) is 47.5 Å². The van der Waals surface area contributed by atoms with Crippen molar-refractivity contribution >= 4 is 35.0 Å². The number of nitrogens with zero attached hydrogens (tertiary/aromatic N) is 1. The second-order valence-electron chi connectivity index (χ2n) is 9.16. The number of hydrogen-bond donors (Lipinski definition) is 3. The Hall–Kier alpha value is -2.58. The number of rotatable bonds is 7. The lowest BCUT2D eigenvalue weighted by Gasteiger charge is -2.41. The number of aliphatic hydroxyl groups is 2. The summed E-state index contributed by atoms with van der Waals surface area (Å²) in [5.41, 5.74) is 1.90. The van der Waals surface area contributed by atoms with E-state index in [0.29, 0.717) is 26.9 Å². The summed E-state index contributed by atoms with van der Waals surface area (Å²) >= 11 is 12.5. The van der Waals surface area contributed by atoms with E-state index in [1.54, 1.807) is 35.2 Å². The maximum atomic E-state index is 13.4. The van der Waals surface area contributed by atoms with E-state index in [9.17, 15) is 19.8 Å². The van der Waals surface area contributed by atoms with Crippen LogP contribution in [0.2, 0.25) is 10.0 Å². The van der Waals surface area contributed by atoms with Gasteiger partial charge < -0.3 is 25.2 Å². The Labute approximate surface area is 213 Å². The van der Waals surface area contributed by atoms with Gasteiger partial charge >= 0.3 is 0 Å². The van der Waals surface area contributed by atoms with Crippen LogP contribution in [0.15, 0.2) is 54.1 Å². The SMILES string of the molecule is O=C(NCCO)C1=C[C@@H](N(Cc2ccc(Cl)cc2Cl)C(=O)C2CC2)[C@H](O)[C@H]2Oc3ccccc3[C@@H]12. The summed E-state index contributed by atoms with van der Waals surface area (Å²) in [6, 6.07) is 11.7. The van der Waals surface area contributed by atoms with Gasteiger partial charge in [-0.2, -0.15) is 0 Å². The lowest BCUT2D eigenvalue weighted by Crippen LogP contribution is -2.55. The van der Waals surface area contributed by atoms with E-state index in [0.717, 1.165) is 18.4 Å². The Kier molecular flexibility index (Phi) is 6.77. The summed E-state index contributed by atoms with van der Waals surface area (Å²) in [6.07, 6.45) is 1.43. The average Bonchev–Trinajstić information content (AvgIpc) is 3.62. The third-order valence-electron chi connectivity index (χ3n) is 6.80. The number of aliphatic hydroxyl groups excluding tert-OH is 2. The molecule has 1 fully saturated rings. The van der Waals surface area contributed by atoms with E-state index in [1.165, 1.54) is 0 Å². The molecule has 0 radical (unpaired) electrons. The molecular weight excluding hydrogens is 491 g/mol. The summed E-state index contributed by atoms with van der Waals surface area (Å²) < 4.78 is 6.13. The van der Waals surface area contributed by atoms with Crippen molar-refractivity contribution in [3.8, 4) is 5.75 Å². The number of carbonyl (C=O) groups excluding carboxylic acids is 2. The van der Waals surface area contributed by atoms with Crippen LogP contribution in [0.3, 0.4) is 0 Å². The number of carbonyl (C=O) groups is 2. The third kappa shape index (κ3) is 4.66. The van der Waals surface area contributed by atoms with Crippen LogP contribution in [0.4, 0.5) is 0 Å². The largest absolute Gasteiger partial charge is 0.486 e. The zero-order valence-corrected chi connectivity index (χ0v) is 20.4. The molecule has 0 bridgehead atoms. The Morgan fingerprint density at radius 3 is 2.63 bits per heavy atom. The quantitative estimate of drug-likeness (QED) is 0.525. The number of halogens is 2. The molecule has 7 nitrogen and oxygen atoms in total. The van der Waals surface area contributed by atoms with Gasteiger partial charge in [-0.3, -0.25) is 9.59 Å². The maximum absolute atomic E-state index is 13.4. The first-order chi connectivity index (χ1) is 16.9. The van der Waals surface area contributed by atoms with Crippen LogP contribution < -0.4 is 10.1 Å². The highest BCUT2D eigenvalue weighted by Crippen LogP contribution is 2.47. The monoisotopic (exact) mass is 516 g/mol. The van der Waals surface area contributed by atoms with Gasteiger partial charge in [0.2, 0.25) is 11.8 Å². The van der Waals surface area contributed by atoms with E-state index < -0.39 is 24.2 Å². The molecule has 1 saturated carbocycles. The minimum atomic E-state index is -1.07. The molecule has 4 atom stereocenters. The first kappa shape index (κ1) is 24.1. The van der Waals surface area contributed by atoms with Crippen molar-refractivity contribution in [2.45, 2.75) is 43.6 Å². The fraction of sp³-hybridized carbons (Fsp3) is 0.385. The molecule has 1 heterocycles. The zero-order chi connectivity index (χ0) is 24.7. The van der Waals surface area contributed by atoms with Crippen LogP contribution in [0.1, 0.15) is 29.9 Å². The van der Waals surface area contributed by atoms with Gasteiger partial charge in [0.05, 0.1) is 18.6 Å². The predicted molar refractivity (Wildman–Crippen MR) is 131 cm³/mol. The number of para-hydroxylation sites is 1. The molecule has 2 aromatic carbocycles. The Morgan fingerprint density at radius 2 is 1.91 bits per heavy atom. The Morgan fingerprint density at radius 1 is 1.14 bits per heavy atom. The molecular formula is C26H26Cl2N2O5. The zero-order valence-electron chi connectivity index (χ0n) is 18.9. The number of fused-ring (bicyclic) bond motifs is 3. The van der Waals surface area contributed by atoms with Gasteiger partial charge in [-0.05, 0) is 42.7 Å². The third-order valence-corrected chi connectivity index (χ3v) is 7.39. The fourth-order valence-corrected chi connectivity index (χ4v) is 5.39. The summed E-state index contributed by atoms with van der Waals surface area (Å²) in [6.45, 7) is 0.0431. The van der Waals surface area contributed by atoms with Crippen LogP contribution in [0.25, 0.3) is 0 Å². The van der Waals surface area contributed by atoms with Crippen LogP contribution in [0, 0.1) is 5.92 Å². The van der Waals surface area contributed by atoms with E-state index in [1.807, 2.05) is 18.2 Å². The van der Waals surface area contributed by atoms with E-state index in [4.69, 9.17) is 27.9 Å². The topological polar surface area (TPSA) is 99.1 Å². The van der Waals surface area contributed by atoms with Crippen LogP contribution in [0.5, 0.6) is 5.75 Å². The number of hydrogen-bond acceptors (Lipinski definition) is 5. The summed E-state index contributed by atoms with van der Waals surface area (Å²) in [7, 11) is 0. The van der Waals surface area contributed by atoms with Gasteiger partial charge in [0.15, 0.2) is 0 Å². The Balaban J connectivity index is 1.55. The minimum Gasteiger partial charge on any atom is -0.486 e. The van der Waals surface area contributed by atoms with Crippen molar-refractivity contribution in [3.05, 3.63) is 75.3 Å². The van der Waals surface area contributed by atoms with Crippen LogP contribution in [-0.2, 0) is 16.1 Å². The molecule has 2 aromatic rings. The van der Waals surface area contributed by atoms with Crippen molar-refractivity contribution in [2.75, 3.05) is 13.2 Å². The smallest absolute Gasteiger partial charge is 0.247 e. The molecule has 0 saturated heterocycles. The minimum absolute atomic E-state index is 0.0917. The number of benzene rings is 2. The first-order valence-electron chi connectivity index (χ1n) is 11.7. The van der Waals surface area contributed by atoms with Crippen LogP contribution >= 0.6 is 23.2 Å². The standard InChI is InChI=1S/C26H26Cl2N2O5/c27-16-8-7-15(19(28)11-16)13-30(26(34)14-5-6-14)20-12-18(25(33)29-9-10-31)22-17-3-1-2-4-21(17)35-24(22)23(20)32/h1-4,7-8,11-12,14,20,22-24,31-32H,5-6,9-10,13H2,(H,29,33)/t20-,22+,23+,24+/m1/s1. The normalized spacial score (nSPS) is 24.6. The van der Waals surface area contributed by atoms with E-state index in [2.05, 4.69) is 5.32 Å². The molecule has 3 aliphatic rings. The summed E-state index contributed by atoms with van der Waals surface area (Å²) in [5, 5.41) is 24.3. The van der Waals surface area contributed by atoms with Crippen molar-refractivity contribution in [1.82, 2.24) is 10.2 Å². The maximum Gasteiger partial charge on any atom is 0.247 e. The van der Waals surface area contributed by atoms with Crippen molar-refractivity contribution in [2.24, 2.45) is 5.92 Å². The highest BCUT2D eigenvalue weighted by atomic mass is 35.5. The Bertz CT molecular complexity index is 1180. The fourth-order valence-electron chi connectivity index (χ4n) is 4.92. The van der Waals surface area contributed by atoms with Crippen molar-refractivity contribution < 1.29 is 24.5 Å². The lowest BCUT2D eigenvalue weighted by molar-refractivity contribution is -0.139. The molecule has 9 heteroatoms. The number of nitrogens with one attached hydrogen (secondary N) is 1. The molecule has 0 unspecified atom stereocenters. The average molecular weight is 517 g/mol. The first-order valence-corrected chi connectivity index (χ1v) is 12.4. The van der Waals surface area contributed by atoms with Crippen molar-refractivity contribution in [1.29, 1.82) is 0 Å². The highest BCUT2D eigenvalue weighted by Gasteiger charge is 2.51. The molecule has 0 spiro atoms. The van der Waals surface area contributed by atoms with Gasteiger partial charge in [0, 0.05) is 40.2 Å². The van der Waals surface area contributed by atoms with Gasteiger partial charge in [0.1, 0.15) is 18.0 Å². The highest BCUT2D eigenvalue weighted by molar-refractivity contribution is 6.35. The number of ether oxygens (including phenoxy) is 1. The molecule has 5 rings (SSSR count). The summed E-state index contributed by atoms with van der Waals surface area (Å²) in [4.78, 5) is 28.2. The molecule has 3 N–H and O–H groups in total. The molecule has 2 aliphatic carbocycles. The van der Waals surface area contributed by atoms with Gasteiger partial charge in [0.25, 0.3) is 0 Å². The second kappa shape index (κ2) is 9.82. The van der Waals surface area contributed by atoms with E-state index in [-0.39, 0.29) is 37.4 Å². The molecule has 2 amide bonds. The van der Waals surface area contributed by atoms with Crippen LogP contribution in [-0.4, -0.2) is 58.3 Å². The summed E-state index contributed by atoms with van der Waals surface area (Å²) in [5.74, 6) is -0.472.